The van der Waals surface area contributed by atoms with E-state index in [9.17, 15) is 4.79 Å². The molecule has 0 saturated carbocycles. The largest absolute Gasteiger partial charge is 0.354 e. The number of amides is 1. The van der Waals surface area contributed by atoms with Gasteiger partial charge in [-0.15, -0.1) is 0 Å². The van der Waals surface area contributed by atoms with Gasteiger partial charge in [0.2, 0.25) is 0 Å². The third-order valence-corrected chi connectivity index (χ3v) is 6.04. The Morgan fingerprint density at radius 3 is 2.65 bits per heavy atom. The van der Waals surface area contributed by atoms with Gasteiger partial charge in [-0.25, -0.2) is 4.98 Å². The van der Waals surface area contributed by atoms with E-state index in [1.54, 1.807) is 6.20 Å². The van der Waals surface area contributed by atoms with Crippen molar-refractivity contribution < 1.29 is 4.79 Å². The summed E-state index contributed by atoms with van der Waals surface area (Å²) in [5.41, 5.74) is 5.07. The van der Waals surface area contributed by atoms with Crippen LogP contribution in [-0.4, -0.2) is 53.5 Å². The number of nitrogens with one attached hydrogen (secondary N) is 1. The Hall–Kier alpha value is -3.25. The number of hydrogen-bond donors (Lipinski definition) is 1. The van der Waals surface area contributed by atoms with Gasteiger partial charge in [-0.2, -0.15) is 0 Å². The maximum atomic E-state index is 13.0. The molecule has 1 fully saturated rings. The molecule has 4 rings (SSSR count). The van der Waals surface area contributed by atoms with Crippen molar-refractivity contribution in [3.8, 4) is 11.3 Å². The standard InChI is InChI=1S/C25H29N5O/c1-17-8-9-20(15-22(17)23-7-5-6-12-26-23)28-25(31)21-10-11-24(27-19(21)3)30-14-13-29(4)18(2)16-30/h5-12,15,18H,13-14,16H2,1-4H3,(H,28,31)/t18-/m0/s1. The second kappa shape index (κ2) is 8.86. The number of aryl methyl sites for hydroxylation is 2. The van der Waals surface area contributed by atoms with E-state index in [0.29, 0.717) is 11.6 Å². The smallest absolute Gasteiger partial charge is 0.257 e. The van der Waals surface area contributed by atoms with Crippen LogP contribution < -0.4 is 10.2 Å². The Morgan fingerprint density at radius 1 is 1.10 bits per heavy atom. The summed E-state index contributed by atoms with van der Waals surface area (Å²) in [6.45, 7) is 9.05. The molecule has 1 atom stereocenters. The lowest BCUT2D eigenvalue weighted by atomic mass is 10.0. The molecule has 6 nitrogen and oxygen atoms in total. The summed E-state index contributed by atoms with van der Waals surface area (Å²) in [7, 11) is 2.15. The van der Waals surface area contributed by atoms with Gasteiger partial charge in [-0.1, -0.05) is 12.1 Å². The highest BCUT2D eigenvalue weighted by atomic mass is 16.1. The zero-order chi connectivity index (χ0) is 22.0. The molecule has 1 aliphatic heterocycles. The molecule has 160 valence electrons. The number of likely N-dealkylation sites (N-methyl/N-ethyl adjacent to an activating group) is 1. The highest BCUT2D eigenvalue weighted by Crippen LogP contribution is 2.26. The highest BCUT2D eigenvalue weighted by Gasteiger charge is 2.22. The van der Waals surface area contributed by atoms with Crippen LogP contribution in [0.5, 0.6) is 0 Å². The Kier molecular flexibility index (Phi) is 6.00. The number of hydrogen-bond acceptors (Lipinski definition) is 5. The monoisotopic (exact) mass is 415 g/mol. The zero-order valence-corrected chi connectivity index (χ0v) is 18.6. The van der Waals surface area contributed by atoms with Crippen molar-refractivity contribution in [2.45, 2.75) is 26.8 Å². The molecule has 1 amide bonds. The number of aromatic nitrogens is 2. The molecule has 31 heavy (non-hydrogen) atoms. The summed E-state index contributed by atoms with van der Waals surface area (Å²) in [5.74, 6) is 0.779. The van der Waals surface area contributed by atoms with Crippen molar-refractivity contribution in [2.24, 2.45) is 0 Å². The fraction of sp³-hybridized carbons (Fsp3) is 0.320. The number of piperazine rings is 1. The SMILES string of the molecule is Cc1ccc(NC(=O)c2ccc(N3CCN(C)[C@@H](C)C3)nc2C)cc1-c1ccccn1. The minimum absolute atomic E-state index is 0.154. The molecule has 0 bridgehead atoms. The van der Waals surface area contributed by atoms with Gasteiger partial charge in [0.1, 0.15) is 5.82 Å². The number of carbonyl (C=O) groups is 1. The Morgan fingerprint density at radius 2 is 1.94 bits per heavy atom. The summed E-state index contributed by atoms with van der Waals surface area (Å²) in [5, 5.41) is 3.02. The van der Waals surface area contributed by atoms with E-state index in [0.717, 1.165) is 53.7 Å². The van der Waals surface area contributed by atoms with Crippen LogP contribution in [0.1, 0.15) is 28.5 Å². The van der Waals surface area contributed by atoms with Crippen LogP contribution in [0, 0.1) is 13.8 Å². The summed E-state index contributed by atoms with van der Waals surface area (Å²) in [6, 6.07) is 16.0. The van der Waals surface area contributed by atoms with Gasteiger partial charge in [-0.3, -0.25) is 9.78 Å². The molecule has 1 N–H and O–H groups in total. The first-order valence-corrected chi connectivity index (χ1v) is 10.7. The maximum Gasteiger partial charge on any atom is 0.257 e. The predicted octanol–water partition coefficient (Wildman–Crippen LogP) is 4.15. The lowest BCUT2D eigenvalue weighted by Crippen LogP contribution is -2.50. The topological polar surface area (TPSA) is 61.4 Å². The van der Waals surface area contributed by atoms with Crippen molar-refractivity contribution in [1.29, 1.82) is 0 Å². The van der Waals surface area contributed by atoms with E-state index in [1.165, 1.54) is 0 Å². The van der Waals surface area contributed by atoms with E-state index in [2.05, 4.69) is 34.1 Å². The second-order valence-corrected chi connectivity index (χ2v) is 8.28. The van der Waals surface area contributed by atoms with Gasteiger partial charge in [0.15, 0.2) is 0 Å². The summed E-state index contributed by atoms with van der Waals surface area (Å²) in [4.78, 5) is 26.8. The van der Waals surface area contributed by atoms with Crippen LogP contribution in [0.15, 0.2) is 54.7 Å². The number of benzene rings is 1. The first-order valence-electron chi connectivity index (χ1n) is 10.7. The number of anilines is 2. The molecule has 0 aliphatic carbocycles. The van der Waals surface area contributed by atoms with Gasteiger partial charge >= 0.3 is 0 Å². The molecular formula is C25H29N5O. The van der Waals surface area contributed by atoms with Gasteiger partial charge in [-0.05, 0) is 69.8 Å². The van der Waals surface area contributed by atoms with Crippen molar-refractivity contribution in [2.75, 3.05) is 36.9 Å². The van der Waals surface area contributed by atoms with Crippen LogP contribution in [0.4, 0.5) is 11.5 Å². The Bertz CT molecular complexity index is 1080. The van der Waals surface area contributed by atoms with E-state index < -0.39 is 0 Å². The lowest BCUT2D eigenvalue weighted by Gasteiger charge is -2.38. The third-order valence-electron chi connectivity index (χ3n) is 6.04. The van der Waals surface area contributed by atoms with Crippen LogP contribution in [0.2, 0.25) is 0 Å². The van der Waals surface area contributed by atoms with E-state index >= 15 is 0 Å². The van der Waals surface area contributed by atoms with Crippen LogP contribution in [0.3, 0.4) is 0 Å². The van der Waals surface area contributed by atoms with E-state index in [1.807, 2.05) is 62.4 Å². The number of rotatable bonds is 4. The lowest BCUT2D eigenvalue weighted by molar-refractivity contribution is 0.102. The van der Waals surface area contributed by atoms with Gasteiger partial charge in [0, 0.05) is 43.1 Å². The molecule has 1 saturated heterocycles. The summed E-state index contributed by atoms with van der Waals surface area (Å²) < 4.78 is 0. The second-order valence-electron chi connectivity index (χ2n) is 8.28. The average molecular weight is 416 g/mol. The molecule has 1 aliphatic rings. The van der Waals surface area contributed by atoms with Gasteiger partial charge < -0.3 is 15.1 Å². The number of pyridine rings is 2. The van der Waals surface area contributed by atoms with Crippen molar-refractivity contribution in [3.05, 3.63) is 71.5 Å². The van der Waals surface area contributed by atoms with Crippen LogP contribution in [0.25, 0.3) is 11.3 Å². The quantitative estimate of drug-likeness (QED) is 0.694. The molecule has 3 heterocycles. The average Bonchev–Trinajstić information content (AvgIpc) is 2.77. The third kappa shape index (κ3) is 4.59. The Balaban J connectivity index is 1.52. The molecule has 6 heteroatoms. The molecule has 1 aromatic carbocycles. The fourth-order valence-corrected chi connectivity index (χ4v) is 3.92. The number of carbonyl (C=O) groups excluding carboxylic acids is 1. The minimum atomic E-state index is -0.154. The molecule has 0 radical (unpaired) electrons. The Labute approximate surface area is 183 Å². The van der Waals surface area contributed by atoms with Gasteiger partial charge in [0.05, 0.1) is 17.0 Å². The van der Waals surface area contributed by atoms with Crippen molar-refractivity contribution in [3.63, 3.8) is 0 Å². The summed E-state index contributed by atoms with van der Waals surface area (Å²) >= 11 is 0. The van der Waals surface area contributed by atoms with Crippen molar-refractivity contribution >= 4 is 17.4 Å². The van der Waals surface area contributed by atoms with Crippen LogP contribution >= 0.6 is 0 Å². The van der Waals surface area contributed by atoms with Crippen LogP contribution in [-0.2, 0) is 0 Å². The maximum absolute atomic E-state index is 13.0. The zero-order valence-electron chi connectivity index (χ0n) is 18.6. The van der Waals surface area contributed by atoms with E-state index in [-0.39, 0.29) is 5.91 Å². The molecule has 2 aromatic heterocycles. The van der Waals surface area contributed by atoms with E-state index in [4.69, 9.17) is 4.98 Å². The fourth-order valence-electron chi connectivity index (χ4n) is 3.92. The molecule has 3 aromatic rings. The molecular weight excluding hydrogens is 386 g/mol. The number of nitrogens with zero attached hydrogens (tertiary/aromatic N) is 4. The normalized spacial score (nSPS) is 16.9. The predicted molar refractivity (Wildman–Crippen MR) is 126 cm³/mol. The van der Waals surface area contributed by atoms with Crippen molar-refractivity contribution in [1.82, 2.24) is 14.9 Å². The molecule has 0 unspecified atom stereocenters. The molecule has 0 spiro atoms. The first kappa shape index (κ1) is 21.0. The summed E-state index contributed by atoms with van der Waals surface area (Å²) in [6.07, 6.45) is 1.78. The minimum Gasteiger partial charge on any atom is -0.354 e. The first-order chi connectivity index (χ1) is 14.9. The highest BCUT2D eigenvalue weighted by molar-refractivity contribution is 6.05. The van der Waals surface area contributed by atoms with Gasteiger partial charge in [0.25, 0.3) is 5.91 Å².